The number of nitrogens with one attached hydrogen (secondary N) is 3. The van der Waals surface area contributed by atoms with Gasteiger partial charge in [0.05, 0.1) is 23.1 Å². The highest BCUT2D eigenvalue weighted by Gasteiger charge is 2.24. The van der Waals surface area contributed by atoms with Crippen LogP contribution in [0.15, 0.2) is 70.1 Å². The summed E-state index contributed by atoms with van der Waals surface area (Å²) in [5, 5.41) is 17.2. The molecule has 2 aromatic carbocycles. The summed E-state index contributed by atoms with van der Waals surface area (Å²) >= 11 is 0. The van der Waals surface area contributed by atoms with Gasteiger partial charge in [0.1, 0.15) is 23.4 Å². The van der Waals surface area contributed by atoms with E-state index in [-0.39, 0.29) is 23.3 Å². The Kier molecular flexibility index (Phi) is 6.23. The Hall–Kier alpha value is -5.06. The number of tetrazole rings is 1. The molecule has 3 N–H and O–H groups in total. The predicted molar refractivity (Wildman–Crippen MR) is 144 cm³/mol. The first kappa shape index (κ1) is 24.3. The molecule has 1 unspecified atom stereocenters. The Morgan fingerprint density at radius 2 is 2.03 bits per heavy atom. The van der Waals surface area contributed by atoms with Crippen molar-refractivity contribution in [2.45, 2.75) is 39.3 Å². The van der Waals surface area contributed by atoms with E-state index in [0.717, 1.165) is 52.0 Å². The van der Waals surface area contributed by atoms with Crippen LogP contribution in [0.4, 0.5) is 0 Å². The van der Waals surface area contributed by atoms with Gasteiger partial charge in [-0.3, -0.25) is 4.79 Å². The third-order valence-electron chi connectivity index (χ3n) is 6.88. The number of allylic oxidation sites excluding steroid dienone is 1. The van der Waals surface area contributed by atoms with Crippen molar-refractivity contribution in [3.05, 3.63) is 105 Å². The lowest BCUT2D eigenvalue weighted by atomic mass is 10.1. The number of benzene rings is 2. The Bertz CT molecular complexity index is 1780. The van der Waals surface area contributed by atoms with Gasteiger partial charge in [-0.2, -0.15) is 4.68 Å². The summed E-state index contributed by atoms with van der Waals surface area (Å²) in [5.74, 6) is 0.564. The van der Waals surface area contributed by atoms with E-state index < -0.39 is 0 Å². The van der Waals surface area contributed by atoms with Gasteiger partial charge in [0.15, 0.2) is 0 Å². The number of H-pyrrole nitrogens is 1. The van der Waals surface area contributed by atoms with E-state index in [1.807, 2.05) is 62.4 Å². The van der Waals surface area contributed by atoms with Gasteiger partial charge in [0.25, 0.3) is 5.91 Å². The fourth-order valence-electron chi connectivity index (χ4n) is 4.97. The minimum Gasteiger partial charge on any atom is -0.461 e. The van der Waals surface area contributed by atoms with E-state index in [1.54, 1.807) is 6.07 Å². The van der Waals surface area contributed by atoms with Crippen LogP contribution < -0.4 is 16.3 Å². The smallest absolute Gasteiger partial charge is 0.365 e. The van der Waals surface area contributed by atoms with Crippen LogP contribution in [0.5, 0.6) is 0 Å². The van der Waals surface area contributed by atoms with Crippen LogP contribution in [0, 0.1) is 6.92 Å². The minimum absolute atomic E-state index is 0.0571. The monoisotopic (exact) mass is 522 g/mol. The largest absolute Gasteiger partial charge is 0.461 e. The number of hydrogen-bond acceptors (Lipinski definition) is 8. The molecule has 0 spiro atoms. The Balaban J connectivity index is 1.14. The maximum Gasteiger partial charge on any atom is 0.365 e. The lowest BCUT2D eigenvalue weighted by molar-refractivity contribution is 0.0945. The standard InChI is InChI=1S/C28H26N8O3/c1-3-22(32-23-9-6-18-12-20(7-8-21(18)23)36-28(38)33-34-35-36)24-13-25(31-15-30-24)27(37)29-14-17-4-5-19-10-16(2)39-26(19)11-17/h3-5,7-8,10-13,15,23,32H,6,9,14H2,1-2H3,(H,29,37)(H,33,35,38)/b22-3+. The second kappa shape index (κ2) is 10.0. The predicted octanol–water partition coefficient (Wildman–Crippen LogP) is 3.37. The van der Waals surface area contributed by atoms with Gasteiger partial charge in [-0.05, 0) is 84.1 Å². The van der Waals surface area contributed by atoms with Crippen LogP contribution in [-0.4, -0.2) is 36.1 Å². The second-order valence-corrected chi connectivity index (χ2v) is 9.44. The van der Waals surface area contributed by atoms with E-state index in [0.29, 0.717) is 17.9 Å². The number of aromatic amines is 1. The number of carbonyl (C=O) groups excluding carboxylic acids is 1. The minimum atomic E-state index is -0.379. The summed E-state index contributed by atoms with van der Waals surface area (Å²) in [7, 11) is 0. The first-order valence-electron chi connectivity index (χ1n) is 12.6. The average Bonchev–Trinajstić information content (AvgIpc) is 3.67. The van der Waals surface area contributed by atoms with E-state index >= 15 is 0 Å². The molecule has 0 aliphatic heterocycles. The zero-order valence-corrected chi connectivity index (χ0v) is 21.4. The topological polar surface area (TPSA) is 144 Å². The number of hydrogen-bond donors (Lipinski definition) is 3. The van der Waals surface area contributed by atoms with Crippen molar-refractivity contribution in [2.75, 3.05) is 0 Å². The number of aromatic nitrogens is 6. The summed E-state index contributed by atoms with van der Waals surface area (Å²) in [4.78, 5) is 33.4. The molecule has 0 saturated heterocycles. The molecule has 1 aliphatic carbocycles. The van der Waals surface area contributed by atoms with Gasteiger partial charge >= 0.3 is 5.69 Å². The summed E-state index contributed by atoms with van der Waals surface area (Å²) in [5.41, 5.74) is 6.03. The molecule has 1 aliphatic rings. The number of furan rings is 1. The van der Waals surface area contributed by atoms with Gasteiger partial charge in [-0.1, -0.05) is 24.3 Å². The van der Waals surface area contributed by atoms with Gasteiger partial charge in [-0.25, -0.2) is 19.9 Å². The fraction of sp³-hybridized carbons (Fsp3) is 0.214. The number of fused-ring (bicyclic) bond motifs is 2. The summed E-state index contributed by atoms with van der Waals surface area (Å²) in [6.07, 6.45) is 5.07. The van der Waals surface area contributed by atoms with Crippen molar-refractivity contribution in [1.82, 2.24) is 40.8 Å². The lowest BCUT2D eigenvalue weighted by Gasteiger charge is -2.18. The summed E-state index contributed by atoms with van der Waals surface area (Å²) in [6.45, 7) is 4.18. The molecule has 0 fully saturated rings. The van der Waals surface area contributed by atoms with Crippen LogP contribution in [-0.2, 0) is 13.0 Å². The van der Waals surface area contributed by atoms with Crippen LogP contribution >= 0.6 is 0 Å². The first-order valence-corrected chi connectivity index (χ1v) is 12.6. The second-order valence-electron chi connectivity index (χ2n) is 9.44. The molecule has 196 valence electrons. The van der Waals surface area contributed by atoms with E-state index in [4.69, 9.17) is 4.42 Å². The average molecular weight is 523 g/mol. The molecule has 3 aromatic heterocycles. The fourth-order valence-corrected chi connectivity index (χ4v) is 4.97. The quantitative estimate of drug-likeness (QED) is 0.295. The summed E-state index contributed by atoms with van der Waals surface area (Å²) in [6, 6.07) is 15.4. The first-order chi connectivity index (χ1) is 19.0. The number of rotatable bonds is 7. The molecule has 0 radical (unpaired) electrons. The van der Waals surface area contributed by atoms with E-state index in [1.165, 1.54) is 11.0 Å². The molecule has 11 nitrogen and oxygen atoms in total. The van der Waals surface area contributed by atoms with Crippen LogP contribution in [0.1, 0.15) is 58.0 Å². The van der Waals surface area contributed by atoms with Crippen molar-refractivity contribution < 1.29 is 9.21 Å². The third kappa shape index (κ3) is 4.81. The Labute approximate surface area is 223 Å². The van der Waals surface area contributed by atoms with Gasteiger partial charge < -0.3 is 15.1 Å². The molecule has 3 heterocycles. The van der Waals surface area contributed by atoms with Gasteiger partial charge in [0, 0.05) is 11.9 Å². The van der Waals surface area contributed by atoms with Crippen molar-refractivity contribution in [3.63, 3.8) is 0 Å². The van der Waals surface area contributed by atoms with Crippen LogP contribution in [0.25, 0.3) is 22.4 Å². The Morgan fingerprint density at radius 1 is 1.15 bits per heavy atom. The highest BCUT2D eigenvalue weighted by molar-refractivity contribution is 5.92. The molecule has 0 saturated carbocycles. The maximum atomic E-state index is 12.9. The number of amides is 1. The van der Waals surface area contributed by atoms with Crippen molar-refractivity contribution >= 4 is 22.6 Å². The number of aryl methyl sites for hydroxylation is 2. The molecular weight excluding hydrogens is 496 g/mol. The molecule has 0 bridgehead atoms. The number of nitrogens with zero attached hydrogens (tertiary/aromatic N) is 5. The SMILES string of the molecule is C/C=C(/NC1CCc2cc(-n3nn[nH]c3=O)ccc21)c1cc(C(=O)NCc2ccc3cc(C)oc3c2)ncn1. The molecule has 39 heavy (non-hydrogen) atoms. The lowest BCUT2D eigenvalue weighted by Crippen LogP contribution is -2.24. The maximum absolute atomic E-state index is 12.9. The third-order valence-corrected chi connectivity index (χ3v) is 6.88. The highest BCUT2D eigenvalue weighted by atomic mass is 16.3. The number of carbonyl (C=O) groups is 1. The Morgan fingerprint density at radius 3 is 2.85 bits per heavy atom. The van der Waals surface area contributed by atoms with Crippen LogP contribution in [0.2, 0.25) is 0 Å². The van der Waals surface area contributed by atoms with E-state index in [2.05, 4.69) is 36.1 Å². The summed E-state index contributed by atoms with van der Waals surface area (Å²) < 4.78 is 6.93. The highest BCUT2D eigenvalue weighted by Crippen LogP contribution is 2.34. The van der Waals surface area contributed by atoms with E-state index in [9.17, 15) is 9.59 Å². The van der Waals surface area contributed by atoms with Crippen LogP contribution in [0.3, 0.4) is 0 Å². The molecule has 5 aromatic rings. The molecular formula is C28H26N8O3. The normalized spacial score (nSPS) is 14.9. The van der Waals surface area contributed by atoms with Crippen molar-refractivity contribution in [2.24, 2.45) is 0 Å². The molecule has 1 atom stereocenters. The zero-order chi connectivity index (χ0) is 26.9. The molecule has 6 rings (SSSR count). The van der Waals surface area contributed by atoms with Gasteiger partial charge in [-0.15, -0.1) is 0 Å². The zero-order valence-electron chi connectivity index (χ0n) is 21.4. The van der Waals surface area contributed by atoms with Gasteiger partial charge in [0.2, 0.25) is 0 Å². The molecule has 11 heteroatoms. The van der Waals surface area contributed by atoms with Crippen molar-refractivity contribution in [3.8, 4) is 5.69 Å². The van der Waals surface area contributed by atoms with Crippen molar-refractivity contribution in [1.29, 1.82) is 0 Å². The molecule has 1 amide bonds.